The molecular formula is C19H28N2O2. The molecule has 1 aromatic carbocycles. The number of hydrogen-bond acceptors (Lipinski definition) is 3. The van der Waals surface area contributed by atoms with Crippen molar-refractivity contribution in [3.63, 3.8) is 0 Å². The summed E-state index contributed by atoms with van der Waals surface area (Å²) in [5.41, 5.74) is 2.56. The molecule has 4 heteroatoms. The maximum atomic E-state index is 11.8. The minimum Gasteiger partial charge on any atom is -0.444 e. The number of rotatable bonds is 4. The van der Waals surface area contributed by atoms with Crippen LogP contribution in [0.3, 0.4) is 0 Å². The fraction of sp³-hybridized carbons (Fsp3) is 0.632. The fourth-order valence-corrected chi connectivity index (χ4v) is 3.63. The van der Waals surface area contributed by atoms with E-state index in [1.165, 1.54) is 17.5 Å². The second-order valence-electron chi connectivity index (χ2n) is 7.86. The number of carbonyl (C=O) groups is 1. The molecule has 2 aliphatic rings. The molecule has 0 bridgehead atoms. The van der Waals surface area contributed by atoms with Gasteiger partial charge in [0.15, 0.2) is 0 Å². The number of hydrogen-bond donors (Lipinski definition) is 2. The lowest BCUT2D eigenvalue weighted by Gasteiger charge is -2.31. The smallest absolute Gasteiger partial charge is 0.407 e. The van der Waals surface area contributed by atoms with Crippen LogP contribution in [0, 0.1) is 0 Å². The van der Waals surface area contributed by atoms with Crippen molar-refractivity contribution < 1.29 is 9.53 Å². The minimum absolute atomic E-state index is 0.232. The average molecular weight is 316 g/mol. The van der Waals surface area contributed by atoms with Crippen LogP contribution in [-0.2, 0) is 11.2 Å². The van der Waals surface area contributed by atoms with Crippen LogP contribution in [0.25, 0.3) is 0 Å². The molecule has 3 rings (SSSR count). The topological polar surface area (TPSA) is 50.4 Å². The van der Waals surface area contributed by atoms with Gasteiger partial charge in [-0.25, -0.2) is 4.79 Å². The maximum absolute atomic E-state index is 11.8. The van der Waals surface area contributed by atoms with E-state index >= 15 is 0 Å². The molecule has 1 saturated carbocycles. The van der Waals surface area contributed by atoms with E-state index in [-0.39, 0.29) is 12.1 Å². The van der Waals surface area contributed by atoms with Gasteiger partial charge in [-0.05, 0) is 57.6 Å². The third-order valence-electron chi connectivity index (χ3n) is 4.77. The molecule has 0 saturated heterocycles. The highest BCUT2D eigenvalue weighted by molar-refractivity contribution is 5.68. The van der Waals surface area contributed by atoms with Crippen molar-refractivity contribution in [2.24, 2.45) is 0 Å². The molecule has 23 heavy (non-hydrogen) atoms. The first-order valence-corrected chi connectivity index (χ1v) is 8.71. The summed E-state index contributed by atoms with van der Waals surface area (Å²) in [4.78, 5) is 11.8. The third kappa shape index (κ3) is 4.25. The number of fused-ring (bicyclic) bond motifs is 1. The van der Waals surface area contributed by atoms with Crippen molar-refractivity contribution >= 4 is 6.09 Å². The van der Waals surface area contributed by atoms with Gasteiger partial charge < -0.3 is 15.4 Å². The minimum atomic E-state index is -0.433. The summed E-state index contributed by atoms with van der Waals surface area (Å²) in [5, 5.41) is 6.68. The van der Waals surface area contributed by atoms with Crippen molar-refractivity contribution in [2.75, 3.05) is 6.54 Å². The van der Waals surface area contributed by atoms with Crippen molar-refractivity contribution in [2.45, 2.75) is 70.1 Å². The Bertz CT molecular complexity index is 565. The molecule has 2 N–H and O–H groups in total. The normalized spacial score (nSPS) is 26.3. The van der Waals surface area contributed by atoms with E-state index in [0.717, 1.165) is 25.8 Å². The number of carbonyl (C=O) groups excluding carboxylic acids is 1. The summed E-state index contributed by atoms with van der Waals surface area (Å²) >= 11 is 0. The zero-order valence-corrected chi connectivity index (χ0v) is 14.4. The second kappa shape index (κ2) is 6.52. The SMILES string of the molecule is CC(C)(C)OC(=O)NC1CCC(NCC2Cc3ccccc32)C1. The second-order valence-corrected chi connectivity index (χ2v) is 7.86. The predicted molar refractivity (Wildman–Crippen MR) is 91.7 cm³/mol. The highest BCUT2D eigenvalue weighted by Gasteiger charge is 2.30. The summed E-state index contributed by atoms with van der Waals surface area (Å²) in [6.45, 7) is 6.72. The van der Waals surface area contributed by atoms with Gasteiger partial charge in [-0.1, -0.05) is 24.3 Å². The number of nitrogens with one attached hydrogen (secondary N) is 2. The summed E-state index contributed by atoms with van der Waals surface area (Å²) < 4.78 is 5.33. The van der Waals surface area contributed by atoms with Crippen molar-refractivity contribution in [1.82, 2.24) is 10.6 Å². The first-order chi connectivity index (χ1) is 10.9. The molecular weight excluding hydrogens is 288 g/mol. The Morgan fingerprint density at radius 1 is 1.22 bits per heavy atom. The van der Waals surface area contributed by atoms with Gasteiger partial charge in [-0.2, -0.15) is 0 Å². The molecule has 1 aromatic rings. The zero-order chi connectivity index (χ0) is 16.4. The Morgan fingerprint density at radius 3 is 2.70 bits per heavy atom. The van der Waals surface area contributed by atoms with Crippen molar-refractivity contribution in [3.8, 4) is 0 Å². The molecule has 0 aromatic heterocycles. The van der Waals surface area contributed by atoms with Gasteiger partial charge in [0.05, 0.1) is 0 Å². The van der Waals surface area contributed by atoms with E-state index in [2.05, 4.69) is 34.9 Å². The first kappa shape index (κ1) is 16.3. The van der Waals surface area contributed by atoms with Gasteiger partial charge in [0.1, 0.15) is 5.60 Å². The number of benzene rings is 1. The van der Waals surface area contributed by atoms with Crippen molar-refractivity contribution in [3.05, 3.63) is 35.4 Å². The van der Waals surface area contributed by atoms with Gasteiger partial charge in [-0.15, -0.1) is 0 Å². The molecule has 2 aliphatic carbocycles. The van der Waals surface area contributed by atoms with E-state index in [4.69, 9.17) is 4.74 Å². The van der Waals surface area contributed by atoms with Gasteiger partial charge >= 0.3 is 6.09 Å². The van der Waals surface area contributed by atoms with E-state index < -0.39 is 5.60 Å². The van der Waals surface area contributed by atoms with Gasteiger partial charge in [0, 0.05) is 24.5 Å². The summed E-state index contributed by atoms with van der Waals surface area (Å²) in [6.07, 6.45) is 4.03. The van der Waals surface area contributed by atoms with Crippen LogP contribution in [0.5, 0.6) is 0 Å². The highest BCUT2D eigenvalue weighted by Crippen LogP contribution is 2.34. The molecule has 3 atom stereocenters. The molecule has 0 spiro atoms. The lowest BCUT2D eigenvalue weighted by Crippen LogP contribution is -2.39. The fourth-order valence-electron chi connectivity index (χ4n) is 3.63. The van der Waals surface area contributed by atoms with E-state index in [0.29, 0.717) is 12.0 Å². The molecule has 126 valence electrons. The molecule has 4 nitrogen and oxygen atoms in total. The highest BCUT2D eigenvalue weighted by atomic mass is 16.6. The van der Waals surface area contributed by atoms with E-state index in [9.17, 15) is 4.79 Å². The van der Waals surface area contributed by atoms with E-state index in [1.807, 2.05) is 20.8 Å². The van der Waals surface area contributed by atoms with E-state index in [1.54, 1.807) is 0 Å². The monoisotopic (exact) mass is 316 g/mol. The van der Waals surface area contributed by atoms with Crippen LogP contribution in [0.15, 0.2) is 24.3 Å². The summed E-state index contributed by atoms with van der Waals surface area (Å²) in [7, 11) is 0. The number of alkyl carbamates (subject to hydrolysis) is 1. The van der Waals surface area contributed by atoms with Crippen LogP contribution in [0.4, 0.5) is 4.79 Å². The molecule has 0 radical (unpaired) electrons. The maximum Gasteiger partial charge on any atom is 0.407 e. The lowest BCUT2D eigenvalue weighted by molar-refractivity contribution is 0.0505. The molecule has 0 heterocycles. The first-order valence-electron chi connectivity index (χ1n) is 8.71. The third-order valence-corrected chi connectivity index (χ3v) is 4.77. The standard InChI is InChI=1S/C19H28N2O2/c1-19(2,3)23-18(22)21-16-9-8-15(11-16)20-12-14-10-13-6-4-5-7-17(13)14/h4-7,14-16,20H,8-12H2,1-3H3,(H,21,22). The Morgan fingerprint density at radius 2 is 1.96 bits per heavy atom. The number of ether oxygens (including phenoxy) is 1. The van der Waals surface area contributed by atoms with Crippen LogP contribution in [0.2, 0.25) is 0 Å². The molecule has 0 aliphatic heterocycles. The predicted octanol–water partition coefficient (Wildman–Crippen LogP) is 3.36. The van der Waals surface area contributed by atoms with Gasteiger partial charge in [0.25, 0.3) is 0 Å². The largest absolute Gasteiger partial charge is 0.444 e. The number of amides is 1. The Kier molecular flexibility index (Phi) is 4.62. The van der Waals surface area contributed by atoms with Crippen LogP contribution in [-0.4, -0.2) is 30.3 Å². The average Bonchev–Trinajstić information content (AvgIpc) is 2.85. The summed E-state index contributed by atoms with van der Waals surface area (Å²) in [5.74, 6) is 0.657. The zero-order valence-electron chi connectivity index (χ0n) is 14.4. The molecule has 3 unspecified atom stereocenters. The molecule has 1 fully saturated rings. The molecule has 1 amide bonds. The lowest BCUT2D eigenvalue weighted by atomic mass is 9.77. The van der Waals surface area contributed by atoms with Crippen molar-refractivity contribution in [1.29, 1.82) is 0 Å². The Balaban J connectivity index is 1.38. The Hall–Kier alpha value is -1.55. The summed E-state index contributed by atoms with van der Waals surface area (Å²) in [6, 6.07) is 9.45. The van der Waals surface area contributed by atoms with Gasteiger partial charge in [-0.3, -0.25) is 0 Å². The van der Waals surface area contributed by atoms with Crippen LogP contribution >= 0.6 is 0 Å². The quantitative estimate of drug-likeness (QED) is 0.895. The van der Waals surface area contributed by atoms with Crippen LogP contribution < -0.4 is 10.6 Å². The van der Waals surface area contributed by atoms with Crippen LogP contribution in [0.1, 0.15) is 57.1 Å². The van der Waals surface area contributed by atoms with Gasteiger partial charge in [0.2, 0.25) is 0 Å². The Labute approximate surface area is 139 Å².